The largest absolute Gasteiger partial charge is 0.466 e. The van der Waals surface area contributed by atoms with Crippen molar-refractivity contribution in [2.24, 2.45) is 10.2 Å². The molecule has 2 aromatic rings. The van der Waals surface area contributed by atoms with Crippen molar-refractivity contribution in [3.05, 3.63) is 71.1 Å². The maximum atomic E-state index is 11.8. The molecule has 1 saturated heterocycles. The van der Waals surface area contributed by atoms with Crippen molar-refractivity contribution >= 4 is 46.8 Å². The van der Waals surface area contributed by atoms with Crippen molar-refractivity contribution in [1.29, 1.82) is 0 Å². The number of nitrogens with one attached hydrogen (secondary N) is 1. The average molecular weight is 397 g/mol. The minimum atomic E-state index is -0.593. The van der Waals surface area contributed by atoms with E-state index in [4.69, 9.17) is 0 Å². The number of carbonyl (C=O) groups is 2. The van der Waals surface area contributed by atoms with E-state index in [1.54, 1.807) is 18.0 Å². The normalized spacial score (nSPS) is 16.9. The van der Waals surface area contributed by atoms with E-state index in [0.717, 1.165) is 33.2 Å². The van der Waals surface area contributed by atoms with Crippen LogP contribution in [0.5, 0.6) is 0 Å². The summed E-state index contributed by atoms with van der Waals surface area (Å²) in [5.41, 5.74) is 0.912. The first kappa shape index (κ1) is 18.9. The second-order valence-electron chi connectivity index (χ2n) is 5.19. The molecular formula is C19H15N3O3S2. The lowest BCUT2D eigenvalue weighted by atomic mass is 10.2. The third-order valence-electron chi connectivity index (χ3n) is 3.34. The van der Waals surface area contributed by atoms with Gasteiger partial charge in [0.05, 0.1) is 18.2 Å². The number of hydrogen-bond acceptors (Lipinski definition) is 7. The Hall–Kier alpha value is -2.84. The predicted molar refractivity (Wildman–Crippen MR) is 108 cm³/mol. The molecule has 2 aromatic carbocycles. The number of amidine groups is 1. The highest BCUT2D eigenvalue weighted by Gasteiger charge is 2.24. The average Bonchev–Trinajstić information content (AvgIpc) is 3.03. The maximum Gasteiger partial charge on any atom is 0.331 e. The minimum Gasteiger partial charge on any atom is -0.466 e. The molecule has 0 aliphatic carbocycles. The smallest absolute Gasteiger partial charge is 0.331 e. The number of ether oxygens (including phenoxy) is 1. The molecule has 0 atom stereocenters. The van der Waals surface area contributed by atoms with Crippen LogP contribution in [0, 0.1) is 0 Å². The van der Waals surface area contributed by atoms with Crippen LogP contribution < -0.4 is 5.32 Å². The van der Waals surface area contributed by atoms with Gasteiger partial charge >= 0.3 is 5.97 Å². The molecule has 1 aliphatic heterocycles. The Balaban J connectivity index is 1.72. The molecule has 0 unspecified atom stereocenters. The van der Waals surface area contributed by atoms with Crippen LogP contribution in [-0.2, 0) is 14.3 Å². The number of nitrogens with zero attached hydrogens (tertiary/aromatic N) is 2. The van der Waals surface area contributed by atoms with Gasteiger partial charge in [-0.2, -0.15) is 5.10 Å². The zero-order chi connectivity index (χ0) is 19.1. The van der Waals surface area contributed by atoms with Crippen molar-refractivity contribution in [2.45, 2.75) is 9.79 Å². The molecule has 8 heteroatoms. The maximum absolute atomic E-state index is 11.8. The summed E-state index contributed by atoms with van der Waals surface area (Å²) in [5, 5.41) is 10.9. The first-order valence-electron chi connectivity index (χ1n) is 7.87. The van der Waals surface area contributed by atoms with Crippen LogP contribution >= 0.6 is 23.5 Å². The summed E-state index contributed by atoms with van der Waals surface area (Å²) in [6.07, 6.45) is 2.75. The van der Waals surface area contributed by atoms with Gasteiger partial charge in [0.2, 0.25) is 0 Å². The van der Waals surface area contributed by atoms with E-state index in [-0.39, 0.29) is 4.91 Å². The van der Waals surface area contributed by atoms with Gasteiger partial charge < -0.3 is 4.74 Å². The lowest BCUT2D eigenvalue weighted by Crippen LogP contribution is -2.19. The van der Waals surface area contributed by atoms with Crippen molar-refractivity contribution < 1.29 is 14.3 Å². The Bertz CT molecular complexity index is 940. The molecule has 0 radical (unpaired) electrons. The van der Waals surface area contributed by atoms with E-state index in [9.17, 15) is 9.59 Å². The van der Waals surface area contributed by atoms with E-state index in [0.29, 0.717) is 5.17 Å². The van der Waals surface area contributed by atoms with E-state index in [1.807, 2.05) is 54.6 Å². The molecule has 6 nitrogen and oxygen atoms in total. The highest BCUT2D eigenvalue weighted by atomic mass is 32.2. The molecule has 1 heterocycles. The second-order valence-corrected chi connectivity index (χ2v) is 7.34. The van der Waals surface area contributed by atoms with Crippen LogP contribution in [0.2, 0.25) is 0 Å². The Labute approximate surface area is 164 Å². The Morgan fingerprint density at radius 3 is 2.67 bits per heavy atom. The molecule has 27 heavy (non-hydrogen) atoms. The fourth-order valence-corrected chi connectivity index (χ4v) is 3.75. The van der Waals surface area contributed by atoms with Crippen LogP contribution in [0.3, 0.4) is 0 Å². The summed E-state index contributed by atoms with van der Waals surface area (Å²) in [7, 11) is 1.25. The van der Waals surface area contributed by atoms with Crippen molar-refractivity contribution in [3.63, 3.8) is 0 Å². The highest BCUT2D eigenvalue weighted by Crippen LogP contribution is 2.29. The molecule has 1 amide bonds. The number of rotatable bonds is 5. The summed E-state index contributed by atoms with van der Waals surface area (Å²) in [6.45, 7) is 0. The number of thioether (sulfide) groups is 1. The van der Waals surface area contributed by atoms with Crippen LogP contribution in [-0.4, -0.2) is 30.4 Å². The molecule has 1 aliphatic rings. The fraction of sp³-hybridized carbons (Fsp3) is 0.0526. The van der Waals surface area contributed by atoms with Crippen LogP contribution in [0.4, 0.5) is 0 Å². The molecule has 0 spiro atoms. The monoisotopic (exact) mass is 397 g/mol. The number of esters is 1. The van der Waals surface area contributed by atoms with Gasteiger partial charge in [0.1, 0.15) is 0 Å². The number of carbonyl (C=O) groups excluding carboxylic acids is 2. The number of methoxy groups -OCH3 is 1. The topological polar surface area (TPSA) is 80.1 Å². The first-order chi connectivity index (χ1) is 13.2. The quantitative estimate of drug-likeness (QED) is 0.362. The van der Waals surface area contributed by atoms with E-state index >= 15 is 0 Å². The van der Waals surface area contributed by atoms with Crippen LogP contribution in [0.25, 0.3) is 0 Å². The van der Waals surface area contributed by atoms with Gasteiger partial charge in [-0.25, -0.2) is 4.79 Å². The molecule has 1 fully saturated rings. The minimum absolute atomic E-state index is 0.218. The third kappa shape index (κ3) is 5.32. The zero-order valence-corrected chi connectivity index (χ0v) is 15.9. The SMILES string of the molecule is COC(=O)/C=C1/S/C(=N\N=Cc2ccccc2Sc2ccccc2)NC1=O. The lowest BCUT2D eigenvalue weighted by Gasteiger charge is -2.04. The Morgan fingerprint density at radius 2 is 1.89 bits per heavy atom. The molecule has 136 valence electrons. The molecule has 0 aromatic heterocycles. The van der Waals surface area contributed by atoms with Crippen molar-refractivity contribution in [1.82, 2.24) is 5.32 Å². The van der Waals surface area contributed by atoms with Crippen LogP contribution in [0.1, 0.15) is 5.56 Å². The van der Waals surface area contributed by atoms with Gasteiger partial charge in [0.15, 0.2) is 5.17 Å². The Morgan fingerprint density at radius 1 is 1.15 bits per heavy atom. The van der Waals surface area contributed by atoms with E-state index < -0.39 is 11.9 Å². The molecule has 3 rings (SSSR count). The van der Waals surface area contributed by atoms with Crippen molar-refractivity contribution in [3.8, 4) is 0 Å². The summed E-state index contributed by atoms with van der Waals surface area (Å²) >= 11 is 2.67. The molecule has 0 bridgehead atoms. The highest BCUT2D eigenvalue weighted by molar-refractivity contribution is 8.18. The summed E-state index contributed by atoms with van der Waals surface area (Å²) in [6, 6.07) is 17.9. The third-order valence-corrected chi connectivity index (χ3v) is 5.34. The number of benzene rings is 2. The van der Waals surface area contributed by atoms with Gasteiger partial charge in [-0.3, -0.25) is 10.1 Å². The predicted octanol–water partition coefficient (Wildman–Crippen LogP) is 3.45. The lowest BCUT2D eigenvalue weighted by molar-refractivity contribution is -0.135. The summed E-state index contributed by atoms with van der Waals surface area (Å²) < 4.78 is 4.52. The second kappa shape index (κ2) is 9.20. The van der Waals surface area contributed by atoms with Gasteiger partial charge in [-0.05, 0) is 30.0 Å². The van der Waals surface area contributed by atoms with E-state index in [1.165, 1.54) is 7.11 Å². The summed E-state index contributed by atoms with van der Waals surface area (Å²) in [5.74, 6) is -0.997. The molecule has 0 saturated carbocycles. The first-order valence-corrected chi connectivity index (χ1v) is 9.51. The number of hydrogen-bond donors (Lipinski definition) is 1. The summed E-state index contributed by atoms with van der Waals surface area (Å²) in [4.78, 5) is 25.4. The molecule has 1 N–H and O–H groups in total. The Kier molecular flexibility index (Phi) is 6.45. The van der Waals surface area contributed by atoms with E-state index in [2.05, 4.69) is 20.3 Å². The van der Waals surface area contributed by atoms with Gasteiger partial charge in [0, 0.05) is 21.4 Å². The number of amides is 1. The standard InChI is InChI=1S/C19H15N3O3S2/c1-25-17(23)11-16-18(24)21-19(27-16)22-20-12-13-7-5-6-10-15(13)26-14-8-3-2-4-9-14/h2-12H,1H3,(H,21,22,24)/b16-11+,20-12?. The van der Waals surface area contributed by atoms with Gasteiger partial charge in [-0.15, -0.1) is 5.10 Å². The fourth-order valence-electron chi connectivity index (χ4n) is 2.08. The van der Waals surface area contributed by atoms with Crippen molar-refractivity contribution in [2.75, 3.05) is 7.11 Å². The van der Waals surface area contributed by atoms with Crippen LogP contribution in [0.15, 0.2) is 85.6 Å². The zero-order valence-electron chi connectivity index (χ0n) is 14.3. The molecular weight excluding hydrogens is 382 g/mol. The van der Waals surface area contributed by atoms with Gasteiger partial charge in [-0.1, -0.05) is 48.2 Å². The van der Waals surface area contributed by atoms with Gasteiger partial charge in [0.25, 0.3) is 5.91 Å².